The Morgan fingerprint density at radius 1 is 1.65 bits per heavy atom. The van der Waals surface area contributed by atoms with Gasteiger partial charge in [0.2, 0.25) is 5.91 Å². The topological polar surface area (TPSA) is 76.1 Å². The summed E-state index contributed by atoms with van der Waals surface area (Å²) in [5.74, 6) is -0.461. The maximum Gasteiger partial charge on any atom is 0.224 e. The van der Waals surface area contributed by atoms with Crippen molar-refractivity contribution in [3.63, 3.8) is 0 Å². The van der Waals surface area contributed by atoms with E-state index in [1.165, 1.54) is 11.3 Å². The van der Waals surface area contributed by atoms with Crippen LogP contribution in [0.3, 0.4) is 0 Å². The maximum atomic E-state index is 11.7. The lowest BCUT2D eigenvalue weighted by Crippen LogP contribution is -2.30. The molecule has 2 rings (SSSR count). The molecule has 1 saturated heterocycles. The van der Waals surface area contributed by atoms with Crippen molar-refractivity contribution in [2.24, 2.45) is 5.92 Å². The van der Waals surface area contributed by atoms with Gasteiger partial charge in [0.05, 0.1) is 24.0 Å². The van der Waals surface area contributed by atoms with Crippen LogP contribution in [0.25, 0.3) is 0 Å². The van der Waals surface area contributed by atoms with Crippen LogP contribution in [-0.2, 0) is 21.2 Å². The van der Waals surface area contributed by atoms with Crippen LogP contribution in [0.1, 0.15) is 17.1 Å². The van der Waals surface area contributed by atoms with Gasteiger partial charge in [0.15, 0.2) is 9.84 Å². The normalized spacial score (nSPS) is 22.5. The molecule has 0 unspecified atom stereocenters. The predicted molar refractivity (Wildman–Crippen MR) is 65.5 cm³/mol. The maximum absolute atomic E-state index is 11.7. The highest BCUT2D eigenvalue weighted by atomic mass is 32.2. The van der Waals surface area contributed by atoms with Crippen molar-refractivity contribution in [1.29, 1.82) is 0 Å². The second-order valence-corrected chi connectivity index (χ2v) is 7.37. The molecular formula is C10H14N2O3S2. The van der Waals surface area contributed by atoms with E-state index in [-0.39, 0.29) is 23.3 Å². The molecule has 0 saturated carbocycles. The SMILES string of the molecule is Cc1csc(CNC(=O)[C@@H]2CCS(=O)(=O)C2)n1. The minimum Gasteiger partial charge on any atom is -0.349 e. The molecule has 0 aromatic carbocycles. The first kappa shape index (κ1) is 12.5. The molecule has 0 aliphatic carbocycles. The zero-order valence-electron chi connectivity index (χ0n) is 9.47. The quantitative estimate of drug-likeness (QED) is 0.871. The lowest BCUT2D eigenvalue weighted by molar-refractivity contribution is -0.124. The fourth-order valence-electron chi connectivity index (χ4n) is 1.79. The second kappa shape index (κ2) is 4.73. The van der Waals surface area contributed by atoms with Crippen molar-refractivity contribution in [1.82, 2.24) is 10.3 Å². The Morgan fingerprint density at radius 2 is 2.41 bits per heavy atom. The Kier molecular flexibility index (Phi) is 3.48. The van der Waals surface area contributed by atoms with Crippen molar-refractivity contribution in [3.8, 4) is 0 Å². The number of nitrogens with zero attached hydrogens (tertiary/aromatic N) is 1. The van der Waals surface area contributed by atoms with Gasteiger partial charge in [-0.25, -0.2) is 13.4 Å². The van der Waals surface area contributed by atoms with Crippen molar-refractivity contribution in [2.45, 2.75) is 19.9 Å². The third kappa shape index (κ3) is 3.26. The average molecular weight is 274 g/mol. The number of aromatic nitrogens is 1. The molecule has 0 bridgehead atoms. The summed E-state index contributed by atoms with van der Waals surface area (Å²) in [6.07, 6.45) is 0.436. The van der Waals surface area contributed by atoms with Gasteiger partial charge < -0.3 is 5.32 Å². The van der Waals surface area contributed by atoms with Crippen molar-refractivity contribution < 1.29 is 13.2 Å². The summed E-state index contributed by atoms with van der Waals surface area (Å²) in [6, 6.07) is 0. The van der Waals surface area contributed by atoms with E-state index in [2.05, 4.69) is 10.3 Å². The van der Waals surface area contributed by atoms with E-state index in [4.69, 9.17) is 0 Å². The van der Waals surface area contributed by atoms with Crippen molar-refractivity contribution in [3.05, 3.63) is 16.1 Å². The van der Waals surface area contributed by atoms with Crippen LogP contribution in [0.2, 0.25) is 0 Å². The minimum absolute atomic E-state index is 0.0181. The molecule has 0 spiro atoms. The molecule has 17 heavy (non-hydrogen) atoms. The predicted octanol–water partition coefficient (Wildman–Crippen LogP) is 0.502. The van der Waals surface area contributed by atoms with Gasteiger partial charge >= 0.3 is 0 Å². The fraction of sp³-hybridized carbons (Fsp3) is 0.600. The van der Waals surface area contributed by atoms with Gasteiger partial charge in [-0.1, -0.05) is 0 Å². The van der Waals surface area contributed by atoms with Gasteiger partial charge in [0, 0.05) is 11.1 Å². The van der Waals surface area contributed by atoms with Crippen LogP contribution in [0.4, 0.5) is 0 Å². The highest BCUT2D eigenvalue weighted by Gasteiger charge is 2.32. The van der Waals surface area contributed by atoms with Gasteiger partial charge in [0.1, 0.15) is 5.01 Å². The van der Waals surface area contributed by atoms with Crippen molar-refractivity contribution in [2.75, 3.05) is 11.5 Å². The number of thiazole rings is 1. The van der Waals surface area contributed by atoms with E-state index >= 15 is 0 Å². The molecule has 1 atom stereocenters. The average Bonchev–Trinajstić information content (AvgIpc) is 2.81. The highest BCUT2D eigenvalue weighted by molar-refractivity contribution is 7.91. The van der Waals surface area contributed by atoms with E-state index in [9.17, 15) is 13.2 Å². The molecule has 94 valence electrons. The van der Waals surface area contributed by atoms with E-state index in [1.807, 2.05) is 12.3 Å². The minimum atomic E-state index is -2.99. The molecule has 1 amide bonds. The fourth-order valence-corrected chi connectivity index (χ4v) is 4.25. The third-order valence-corrected chi connectivity index (χ3v) is 5.42. The number of hydrogen-bond donors (Lipinski definition) is 1. The molecule has 1 fully saturated rings. The first-order chi connectivity index (χ1) is 7.96. The molecule has 7 heteroatoms. The number of carbonyl (C=O) groups excluding carboxylic acids is 1. The molecule has 1 N–H and O–H groups in total. The smallest absolute Gasteiger partial charge is 0.224 e. The van der Waals surface area contributed by atoms with Gasteiger partial charge in [0.25, 0.3) is 0 Å². The zero-order chi connectivity index (χ0) is 12.5. The molecule has 1 aliphatic heterocycles. The van der Waals surface area contributed by atoms with Crippen LogP contribution in [0.15, 0.2) is 5.38 Å². The lowest BCUT2D eigenvalue weighted by Gasteiger charge is -2.07. The number of nitrogens with one attached hydrogen (secondary N) is 1. The molecular weight excluding hydrogens is 260 g/mol. The van der Waals surface area contributed by atoms with Crippen LogP contribution in [0, 0.1) is 12.8 Å². The zero-order valence-corrected chi connectivity index (χ0v) is 11.1. The summed E-state index contributed by atoms with van der Waals surface area (Å²) in [4.78, 5) is 15.9. The van der Waals surface area contributed by atoms with Gasteiger partial charge in [-0.3, -0.25) is 4.79 Å². The van der Waals surface area contributed by atoms with E-state index in [0.29, 0.717) is 13.0 Å². The Hall–Kier alpha value is -0.950. The number of sulfone groups is 1. The van der Waals surface area contributed by atoms with Crippen LogP contribution < -0.4 is 5.32 Å². The van der Waals surface area contributed by atoms with Gasteiger partial charge in [-0.2, -0.15) is 0 Å². The number of amides is 1. The van der Waals surface area contributed by atoms with E-state index in [0.717, 1.165) is 10.7 Å². The lowest BCUT2D eigenvalue weighted by atomic mass is 10.1. The standard InChI is InChI=1S/C10H14N2O3S2/c1-7-5-16-9(12-7)4-11-10(13)8-2-3-17(14,15)6-8/h5,8H,2-4,6H2,1H3,(H,11,13)/t8-/m1/s1. The Morgan fingerprint density at radius 3 is 2.94 bits per heavy atom. The third-order valence-electron chi connectivity index (χ3n) is 2.68. The second-order valence-electron chi connectivity index (χ2n) is 4.20. The number of carbonyl (C=O) groups is 1. The molecule has 1 aliphatic rings. The molecule has 1 aromatic heterocycles. The Balaban J connectivity index is 1.86. The van der Waals surface area contributed by atoms with Gasteiger partial charge in [-0.15, -0.1) is 11.3 Å². The number of aryl methyl sites for hydroxylation is 1. The molecule has 0 radical (unpaired) electrons. The summed E-state index contributed by atoms with van der Waals surface area (Å²) in [5.41, 5.74) is 0.933. The van der Waals surface area contributed by atoms with Crippen LogP contribution in [-0.4, -0.2) is 30.8 Å². The summed E-state index contributed by atoms with van der Waals surface area (Å²) in [5, 5.41) is 5.50. The molecule has 1 aromatic rings. The van der Waals surface area contributed by atoms with E-state index in [1.54, 1.807) is 0 Å². The Bertz CT molecular complexity index is 521. The largest absolute Gasteiger partial charge is 0.349 e. The molecule has 2 heterocycles. The molecule has 5 nitrogen and oxygen atoms in total. The Labute approximate surface area is 104 Å². The summed E-state index contributed by atoms with van der Waals surface area (Å²) in [7, 11) is -2.99. The van der Waals surface area contributed by atoms with Crippen LogP contribution in [0.5, 0.6) is 0 Å². The van der Waals surface area contributed by atoms with E-state index < -0.39 is 9.84 Å². The van der Waals surface area contributed by atoms with Gasteiger partial charge in [-0.05, 0) is 13.3 Å². The summed E-state index contributed by atoms with van der Waals surface area (Å²) < 4.78 is 22.5. The summed E-state index contributed by atoms with van der Waals surface area (Å²) in [6.45, 7) is 2.28. The highest BCUT2D eigenvalue weighted by Crippen LogP contribution is 2.18. The van der Waals surface area contributed by atoms with Crippen LogP contribution >= 0.6 is 11.3 Å². The first-order valence-electron chi connectivity index (χ1n) is 5.35. The monoisotopic (exact) mass is 274 g/mol. The van der Waals surface area contributed by atoms with Crippen molar-refractivity contribution >= 4 is 27.1 Å². The number of hydrogen-bond acceptors (Lipinski definition) is 5. The number of rotatable bonds is 3. The summed E-state index contributed by atoms with van der Waals surface area (Å²) >= 11 is 1.49. The first-order valence-corrected chi connectivity index (χ1v) is 8.05.